The van der Waals surface area contributed by atoms with Crippen LogP contribution in [0.15, 0.2) is 30.3 Å². The molecule has 0 aromatic heterocycles. The Bertz CT molecular complexity index is 533. The monoisotopic (exact) mass is 307 g/mol. The van der Waals surface area contributed by atoms with Gasteiger partial charge < -0.3 is 9.47 Å². The third kappa shape index (κ3) is 2.98. The van der Waals surface area contributed by atoms with Crippen molar-refractivity contribution in [1.82, 2.24) is 5.06 Å². The number of hydroxylamine groups is 2. The molecular weight excluding hydrogens is 286 g/mol. The van der Waals surface area contributed by atoms with Crippen LogP contribution < -0.4 is 0 Å². The summed E-state index contributed by atoms with van der Waals surface area (Å²) < 4.78 is 9.58. The van der Waals surface area contributed by atoms with Crippen molar-refractivity contribution in [2.45, 2.75) is 18.9 Å². The van der Waals surface area contributed by atoms with Gasteiger partial charge >= 0.3 is 11.9 Å². The van der Waals surface area contributed by atoms with Crippen LogP contribution in [0.1, 0.15) is 18.9 Å². The third-order valence-corrected chi connectivity index (χ3v) is 4.18. The first-order valence-electron chi connectivity index (χ1n) is 7.14. The molecule has 1 heterocycles. The van der Waals surface area contributed by atoms with Gasteiger partial charge in [-0.25, -0.2) is 0 Å². The van der Waals surface area contributed by atoms with Crippen LogP contribution in [0.5, 0.6) is 0 Å². The zero-order valence-electron chi connectivity index (χ0n) is 13.1. The fourth-order valence-electron chi connectivity index (χ4n) is 2.79. The Labute approximate surface area is 129 Å². The van der Waals surface area contributed by atoms with Crippen LogP contribution in [-0.4, -0.2) is 44.4 Å². The highest BCUT2D eigenvalue weighted by molar-refractivity contribution is 5.75. The summed E-state index contributed by atoms with van der Waals surface area (Å²) in [5, 5.41) is 1.68. The van der Waals surface area contributed by atoms with E-state index in [1.165, 1.54) is 14.2 Å². The van der Waals surface area contributed by atoms with Crippen LogP contribution in [0.25, 0.3) is 0 Å². The fourth-order valence-corrected chi connectivity index (χ4v) is 2.79. The van der Waals surface area contributed by atoms with Gasteiger partial charge in [0.1, 0.15) is 5.92 Å². The molecule has 0 saturated carbocycles. The molecule has 2 atom stereocenters. The summed E-state index contributed by atoms with van der Waals surface area (Å²) in [7, 11) is 2.71. The summed E-state index contributed by atoms with van der Waals surface area (Å²) in [5.74, 6) is -1.11. The topological polar surface area (TPSA) is 65.1 Å². The predicted octanol–water partition coefficient (Wildman–Crippen LogP) is 1.50. The molecule has 2 rings (SSSR count). The van der Waals surface area contributed by atoms with Crippen molar-refractivity contribution in [3.63, 3.8) is 0 Å². The Morgan fingerprint density at radius 2 is 1.95 bits per heavy atom. The average Bonchev–Trinajstić information content (AvgIpc) is 2.90. The highest BCUT2D eigenvalue weighted by Crippen LogP contribution is 2.42. The maximum atomic E-state index is 12.1. The predicted molar refractivity (Wildman–Crippen MR) is 78.6 cm³/mol. The van der Waals surface area contributed by atoms with E-state index in [1.54, 1.807) is 5.06 Å². The molecule has 0 spiro atoms. The fraction of sp³-hybridized carbons (Fsp3) is 0.500. The molecule has 0 aliphatic carbocycles. The SMILES string of the molecule is COC(=O)CCN1OCC(C(=O)OC)[C@@]1(C)c1ccccc1. The summed E-state index contributed by atoms with van der Waals surface area (Å²) in [5.41, 5.74) is 0.246. The quantitative estimate of drug-likeness (QED) is 0.768. The Morgan fingerprint density at radius 3 is 2.55 bits per heavy atom. The van der Waals surface area contributed by atoms with Crippen LogP contribution in [-0.2, 0) is 29.4 Å². The summed E-state index contributed by atoms with van der Waals surface area (Å²) in [4.78, 5) is 29.2. The first kappa shape index (κ1) is 16.5. The molecule has 1 aliphatic heterocycles. The van der Waals surface area contributed by atoms with Gasteiger partial charge in [0.2, 0.25) is 0 Å². The second-order valence-corrected chi connectivity index (χ2v) is 5.31. The van der Waals surface area contributed by atoms with Gasteiger partial charge in [-0.15, -0.1) is 0 Å². The van der Waals surface area contributed by atoms with E-state index in [0.29, 0.717) is 6.54 Å². The summed E-state index contributed by atoms with van der Waals surface area (Å²) in [6.45, 7) is 2.49. The van der Waals surface area contributed by atoms with Crippen molar-refractivity contribution in [2.75, 3.05) is 27.4 Å². The van der Waals surface area contributed by atoms with E-state index in [4.69, 9.17) is 9.57 Å². The van der Waals surface area contributed by atoms with E-state index >= 15 is 0 Å². The zero-order valence-corrected chi connectivity index (χ0v) is 13.1. The molecular formula is C16H21NO5. The van der Waals surface area contributed by atoms with Gasteiger partial charge in [-0.3, -0.25) is 14.4 Å². The van der Waals surface area contributed by atoms with Gasteiger partial charge in [0, 0.05) is 6.54 Å². The first-order valence-corrected chi connectivity index (χ1v) is 7.14. The summed E-state index contributed by atoms with van der Waals surface area (Å²) >= 11 is 0. The van der Waals surface area contributed by atoms with Gasteiger partial charge in [-0.05, 0) is 12.5 Å². The minimum absolute atomic E-state index is 0.187. The zero-order chi connectivity index (χ0) is 16.2. The lowest BCUT2D eigenvalue weighted by Crippen LogP contribution is -2.46. The molecule has 120 valence electrons. The standard InChI is InChI=1S/C16H21NO5/c1-16(12-7-5-4-6-8-12)13(15(19)21-3)11-22-17(16)10-9-14(18)20-2/h4-8,13H,9-11H2,1-3H3/t13?,16-/m1/s1. The van der Waals surface area contributed by atoms with Crippen LogP contribution >= 0.6 is 0 Å². The molecule has 1 fully saturated rings. The average molecular weight is 307 g/mol. The number of methoxy groups -OCH3 is 2. The highest BCUT2D eigenvalue weighted by Gasteiger charge is 2.52. The number of benzene rings is 1. The second-order valence-electron chi connectivity index (χ2n) is 5.31. The summed E-state index contributed by atoms with van der Waals surface area (Å²) in [6, 6.07) is 9.61. The maximum absolute atomic E-state index is 12.1. The van der Waals surface area contributed by atoms with Gasteiger partial charge in [0.15, 0.2) is 0 Å². The van der Waals surface area contributed by atoms with E-state index < -0.39 is 11.5 Å². The number of nitrogens with zero attached hydrogens (tertiary/aromatic N) is 1. The Morgan fingerprint density at radius 1 is 1.27 bits per heavy atom. The summed E-state index contributed by atoms with van der Waals surface area (Å²) in [6.07, 6.45) is 0.187. The van der Waals surface area contributed by atoms with E-state index in [1.807, 2.05) is 37.3 Å². The number of hydrogen-bond donors (Lipinski definition) is 0. The van der Waals surface area contributed by atoms with Crippen LogP contribution in [0.4, 0.5) is 0 Å². The molecule has 0 bridgehead atoms. The lowest BCUT2D eigenvalue weighted by Gasteiger charge is -2.36. The van der Waals surface area contributed by atoms with Crippen LogP contribution in [0.2, 0.25) is 0 Å². The van der Waals surface area contributed by atoms with Crippen molar-refractivity contribution in [3.8, 4) is 0 Å². The smallest absolute Gasteiger partial charge is 0.313 e. The van der Waals surface area contributed by atoms with Crippen molar-refractivity contribution in [1.29, 1.82) is 0 Å². The number of ether oxygens (including phenoxy) is 2. The highest BCUT2D eigenvalue weighted by atomic mass is 16.7. The third-order valence-electron chi connectivity index (χ3n) is 4.18. The van der Waals surface area contributed by atoms with Crippen molar-refractivity contribution in [2.24, 2.45) is 5.92 Å². The van der Waals surface area contributed by atoms with Crippen LogP contribution in [0.3, 0.4) is 0 Å². The molecule has 0 radical (unpaired) electrons. The Balaban J connectivity index is 2.30. The van der Waals surface area contributed by atoms with Crippen LogP contribution in [0, 0.1) is 5.92 Å². The lowest BCUT2D eigenvalue weighted by molar-refractivity contribution is -0.171. The van der Waals surface area contributed by atoms with E-state index in [9.17, 15) is 9.59 Å². The normalized spacial score (nSPS) is 25.0. The molecule has 1 saturated heterocycles. The molecule has 6 nitrogen and oxygen atoms in total. The molecule has 1 unspecified atom stereocenters. The molecule has 1 aromatic carbocycles. The number of carbonyl (C=O) groups excluding carboxylic acids is 2. The first-order chi connectivity index (χ1) is 10.5. The molecule has 1 aliphatic rings. The van der Waals surface area contributed by atoms with Crippen molar-refractivity contribution < 1.29 is 23.9 Å². The van der Waals surface area contributed by atoms with Crippen molar-refractivity contribution in [3.05, 3.63) is 35.9 Å². The Kier molecular flexibility index (Phi) is 5.15. The largest absolute Gasteiger partial charge is 0.469 e. The second kappa shape index (κ2) is 6.89. The molecule has 0 N–H and O–H groups in total. The van der Waals surface area contributed by atoms with E-state index in [0.717, 1.165) is 5.56 Å². The number of esters is 2. The van der Waals surface area contributed by atoms with Gasteiger partial charge in [-0.2, -0.15) is 5.06 Å². The minimum atomic E-state index is -0.692. The lowest BCUT2D eigenvalue weighted by atomic mass is 9.80. The van der Waals surface area contributed by atoms with E-state index in [2.05, 4.69) is 4.74 Å². The molecule has 6 heteroatoms. The number of hydrogen-bond acceptors (Lipinski definition) is 6. The maximum Gasteiger partial charge on any atom is 0.313 e. The van der Waals surface area contributed by atoms with Gasteiger partial charge in [-0.1, -0.05) is 30.3 Å². The van der Waals surface area contributed by atoms with E-state index in [-0.39, 0.29) is 25.0 Å². The minimum Gasteiger partial charge on any atom is -0.469 e. The van der Waals surface area contributed by atoms with Crippen molar-refractivity contribution >= 4 is 11.9 Å². The number of rotatable bonds is 5. The molecule has 0 amide bonds. The van der Waals surface area contributed by atoms with Gasteiger partial charge in [0.25, 0.3) is 0 Å². The Hall–Kier alpha value is -1.92. The number of carbonyl (C=O) groups is 2. The van der Waals surface area contributed by atoms with Gasteiger partial charge in [0.05, 0.1) is 32.8 Å². The molecule has 22 heavy (non-hydrogen) atoms. The molecule has 1 aromatic rings.